The summed E-state index contributed by atoms with van der Waals surface area (Å²) >= 11 is 0. The molecule has 5 heteroatoms. The van der Waals surface area contributed by atoms with Crippen molar-refractivity contribution in [3.8, 4) is 6.19 Å². The van der Waals surface area contributed by atoms with Crippen LogP contribution in [0.1, 0.15) is 19.8 Å². The molecule has 0 aliphatic carbocycles. The molecule has 2 rings (SSSR count). The van der Waals surface area contributed by atoms with Crippen LogP contribution in [-0.4, -0.2) is 33.7 Å². The molecule has 1 aliphatic heterocycles. The fraction of sp³-hybridized carbons (Fsp3) is 0.429. The zero-order valence-electron chi connectivity index (χ0n) is 11.0. The molecule has 1 fully saturated rings. The van der Waals surface area contributed by atoms with Crippen molar-refractivity contribution in [1.29, 1.82) is 5.26 Å². The van der Waals surface area contributed by atoms with E-state index in [1.165, 1.54) is 0 Å². The van der Waals surface area contributed by atoms with Gasteiger partial charge in [0.15, 0.2) is 6.19 Å². The first kappa shape index (κ1) is 13.4. The van der Waals surface area contributed by atoms with Crippen molar-refractivity contribution in [3.05, 3.63) is 22.7 Å². The fourth-order valence-corrected chi connectivity index (χ4v) is 2.50. The average Bonchev–Trinajstić information content (AvgIpc) is 2.76. The van der Waals surface area contributed by atoms with E-state index in [2.05, 4.69) is 17.3 Å². The van der Waals surface area contributed by atoms with Crippen LogP contribution in [-0.2, 0) is 0 Å². The summed E-state index contributed by atoms with van der Waals surface area (Å²) in [5.41, 5.74) is 5.83. The second kappa shape index (κ2) is 5.72. The summed E-state index contributed by atoms with van der Waals surface area (Å²) in [4.78, 5) is 5.70. The van der Waals surface area contributed by atoms with Gasteiger partial charge in [0, 0.05) is 17.5 Å². The van der Waals surface area contributed by atoms with E-state index >= 15 is 0 Å². The minimum Gasteiger partial charge on any atom is -0.391 e. The van der Waals surface area contributed by atoms with Gasteiger partial charge >= 0.3 is 0 Å². The molecule has 2 heterocycles. The van der Waals surface area contributed by atoms with E-state index in [0.29, 0.717) is 18.8 Å². The number of pyridine rings is 1. The van der Waals surface area contributed by atoms with Gasteiger partial charge in [-0.3, -0.25) is 0 Å². The van der Waals surface area contributed by atoms with Gasteiger partial charge in [-0.1, -0.05) is 12.2 Å². The Morgan fingerprint density at radius 1 is 1.68 bits per heavy atom. The van der Waals surface area contributed by atoms with Crippen molar-refractivity contribution in [2.24, 2.45) is 0 Å². The zero-order valence-corrected chi connectivity index (χ0v) is 11.0. The Kier molecular flexibility index (Phi) is 4.03. The van der Waals surface area contributed by atoms with E-state index in [4.69, 9.17) is 11.0 Å². The lowest BCUT2D eigenvalue weighted by Gasteiger charge is -2.15. The maximum absolute atomic E-state index is 9.60. The monoisotopic (exact) mass is 258 g/mol. The van der Waals surface area contributed by atoms with Crippen LogP contribution in [0.15, 0.2) is 12.3 Å². The van der Waals surface area contributed by atoms with Crippen molar-refractivity contribution in [2.75, 3.05) is 12.3 Å². The van der Waals surface area contributed by atoms with Gasteiger partial charge in [-0.05, 0) is 31.1 Å². The lowest BCUT2D eigenvalue weighted by Crippen LogP contribution is -2.30. The molecule has 3 N–H and O–H groups in total. The number of likely N-dealkylation sites (tertiary alicyclic amines) is 1. The molecule has 0 spiro atoms. The number of rotatable bonds is 2. The van der Waals surface area contributed by atoms with Crippen LogP contribution in [0.5, 0.6) is 0 Å². The third-order valence-electron chi connectivity index (χ3n) is 3.47. The maximum Gasteiger partial charge on any atom is 0.179 e. The Balaban J connectivity index is 2.25. The highest BCUT2D eigenvalue weighted by atomic mass is 16.3. The second-order valence-electron chi connectivity index (χ2n) is 4.72. The molecule has 0 amide bonds. The molecule has 1 aromatic rings. The average molecular weight is 258 g/mol. The van der Waals surface area contributed by atoms with Crippen LogP contribution in [0.2, 0.25) is 0 Å². The predicted molar refractivity (Wildman–Crippen MR) is 73.9 cm³/mol. The summed E-state index contributed by atoms with van der Waals surface area (Å²) in [6, 6.07) is 1.98. The Morgan fingerprint density at radius 2 is 2.47 bits per heavy atom. The quantitative estimate of drug-likeness (QED) is 0.702. The highest BCUT2D eigenvalue weighted by Gasteiger charge is 2.29. The van der Waals surface area contributed by atoms with E-state index in [9.17, 15) is 5.11 Å². The molecule has 0 aromatic carbocycles. The normalized spacial score (nSPS) is 24.8. The van der Waals surface area contributed by atoms with Gasteiger partial charge in [0.25, 0.3) is 0 Å². The molecule has 1 saturated heterocycles. The third-order valence-corrected chi connectivity index (χ3v) is 3.47. The molecular formula is C14H18N4O. The molecule has 1 aliphatic rings. The number of nitrogens with zero attached hydrogens (tertiary/aromatic N) is 3. The van der Waals surface area contributed by atoms with Gasteiger partial charge in [0.05, 0.1) is 12.6 Å². The number of aliphatic hydroxyl groups excluding tert-OH is 1. The van der Waals surface area contributed by atoms with E-state index in [-0.39, 0.29) is 6.04 Å². The Hall–Kier alpha value is -2.06. The Bertz CT molecular complexity index is 605. The van der Waals surface area contributed by atoms with Crippen LogP contribution in [0.4, 0.5) is 5.82 Å². The topological polar surface area (TPSA) is 86.2 Å². The molecule has 0 radical (unpaired) electrons. The second-order valence-corrected chi connectivity index (χ2v) is 4.72. The summed E-state index contributed by atoms with van der Waals surface area (Å²) in [6.07, 6.45) is 8.74. The van der Waals surface area contributed by atoms with Gasteiger partial charge < -0.3 is 15.7 Å². The fourth-order valence-electron chi connectivity index (χ4n) is 2.50. The number of aliphatic hydroxyl groups is 1. The number of β-amino-alcohol motifs (C(OH)–C–C–N with tert-alkyl or cyclic N) is 1. The van der Waals surface area contributed by atoms with Crippen LogP contribution >= 0.6 is 0 Å². The number of hydrogen-bond acceptors (Lipinski definition) is 5. The van der Waals surface area contributed by atoms with Crippen molar-refractivity contribution < 1.29 is 5.11 Å². The first-order valence-electron chi connectivity index (χ1n) is 6.37. The molecule has 0 bridgehead atoms. The van der Waals surface area contributed by atoms with Crippen molar-refractivity contribution in [3.63, 3.8) is 0 Å². The largest absolute Gasteiger partial charge is 0.391 e. The van der Waals surface area contributed by atoms with Crippen LogP contribution in [0, 0.1) is 11.5 Å². The third kappa shape index (κ3) is 2.85. The van der Waals surface area contributed by atoms with E-state index in [0.717, 1.165) is 16.9 Å². The number of hydrogen-bond donors (Lipinski definition) is 2. The van der Waals surface area contributed by atoms with E-state index in [1.54, 1.807) is 11.1 Å². The molecule has 1 aromatic heterocycles. The highest BCUT2D eigenvalue weighted by molar-refractivity contribution is 5.41. The molecule has 0 unspecified atom stereocenters. The first-order valence-corrected chi connectivity index (χ1v) is 6.37. The summed E-state index contributed by atoms with van der Waals surface area (Å²) in [7, 11) is 0. The number of aromatic nitrogens is 1. The summed E-state index contributed by atoms with van der Waals surface area (Å²) < 4.78 is 0. The Morgan fingerprint density at radius 3 is 3.16 bits per heavy atom. The van der Waals surface area contributed by atoms with Crippen molar-refractivity contribution in [2.45, 2.75) is 31.9 Å². The van der Waals surface area contributed by atoms with Crippen LogP contribution in [0.3, 0.4) is 0 Å². The smallest absolute Gasteiger partial charge is 0.179 e. The van der Waals surface area contributed by atoms with Crippen molar-refractivity contribution >= 4 is 18.0 Å². The zero-order chi connectivity index (χ0) is 13.8. The van der Waals surface area contributed by atoms with Gasteiger partial charge in [0.1, 0.15) is 5.82 Å². The first-order chi connectivity index (χ1) is 9.15. The number of anilines is 1. The van der Waals surface area contributed by atoms with Gasteiger partial charge in [-0.2, -0.15) is 5.26 Å². The number of nitrogen functional groups attached to an aromatic ring is 1. The Labute approximate surface area is 112 Å². The molecule has 2 atom stereocenters. The van der Waals surface area contributed by atoms with E-state index in [1.807, 2.05) is 19.1 Å². The molecular weight excluding hydrogens is 240 g/mol. The predicted octanol–water partition coefficient (Wildman–Crippen LogP) is -0.449. The highest BCUT2D eigenvalue weighted by Crippen LogP contribution is 2.19. The van der Waals surface area contributed by atoms with Crippen LogP contribution in [0.25, 0.3) is 12.2 Å². The summed E-state index contributed by atoms with van der Waals surface area (Å²) in [5.74, 6) is 0.514. The lowest BCUT2D eigenvalue weighted by atomic mass is 10.1. The van der Waals surface area contributed by atoms with Gasteiger partial charge in [-0.15, -0.1) is 0 Å². The molecule has 5 nitrogen and oxygen atoms in total. The van der Waals surface area contributed by atoms with Gasteiger partial charge in [-0.25, -0.2) is 4.98 Å². The summed E-state index contributed by atoms with van der Waals surface area (Å²) in [6.45, 7) is 2.35. The molecule has 0 saturated carbocycles. The van der Waals surface area contributed by atoms with Crippen LogP contribution < -0.4 is 16.2 Å². The molecule has 100 valence electrons. The maximum atomic E-state index is 9.60. The lowest BCUT2D eigenvalue weighted by molar-refractivity contribution is 0.186. The van der Waals surface area contributed by atoms with Gasteiger partial charge in [0.2, 0.25) is 0 Å². The standard InChI is InChI=1S/C14H18N4O/c1-2-13-10(5-6-17-14(13)16)3-4-11-7-12(19)8-18(11)9-15/h2-3,5-6,11-12,19H,4,7-8H2,1H3,(H2,16,17)/b10-3-,13-2+/t11-,12-/m0/s1. The number of nitrogens with two attached hydrogens (primary N) is 1. The minimum absolute atomic E-state index is 0.0686. The van der Waals surface area contributed by atoms with Crippen molar-refractivity contribution in [1.82, 2.24) is 9.88 Å². The van der Waals surface area contributed by atoms with E-state index < -0.39 is 6.10 Å². The summed E-state index contributed by atoms with van der Waals surface area (Å²) in [5, 5.41) is 20.6. The SMILES string of the molecule is C/C=c1/c(N)ncc/c1=C/C[C@H]1C[C@H](O)CN1C#N. The minimum atomic E-state index is -0.405. The number of nitriles is 1. The molecule has 19 heavy (non-hydrogen) atoms.